The Kier molecular flexibility index (Phi) is 5.19. The number of aromatic nitrogens is 1. The predicted octanol–water partition coefficient (Wildman–Crippen LogP) is 5.44. The first-order valence-electron chi connectivity index (χ1n) is 5.63. The van der Waals surface area contributed by atoms with Gasteiger partial charge >= 0.3 is 0 Å². The maximum Gasteiger partial charge on any atom is 0.292 e. The molecule has 2 aromatic carbocycles. The molecule has 1 aromatic heterocycles. The summed E-state index contributed by atoms with van der Waals surface area (Å²) in [5.74, 6) is 0. The zero-order chi connectivity index (χ0) is 13.5. The SMILES string of the molecule is Brc1ccccc1.Clc1nc(-c2ccccc2)co1. The molecule has 0 fully saturated rings. The van der Waals surface area contributed by atoms with Crippen molar-refractivity contribution in [2.24, 2.45) is 0 Å². The molecule has 2 nitrogen and oxygen atoms in total. The molecule has 3 rings (SSSR count). The molecule has 0 bridgehead atoms. The van der Waals surface area contributed by atoms with Crippen LogP contribution in [0.25, 0.3) is 11.3 Å². The molecule has 0 radical (unpaired) electrons. The van der Waals surface area contributed by atoms with E-state index in [1.54, 1.807) is 0 Å². The average Bonchev–Trinajstić information content (AvgIpc) is 2.88. The summed E-state index contributed by atoms with van der Waals surface area (Å²) in [5, 5.41) is 0.175. The van der Waals surface area contributed by atoms with Gasteiger partial charge in [0, 0.05) is 10.0 Å². The number of benzene rings is 2. The van der Waals surface area contributed by atoms with Gasteiger partial charge < -0.3 is 4.42 Å². The highest BCUT2D eigenvalue weighted by atomic mass is 79.9. The number of nitrogens with zero attached hydrogens (tertiary/aromatic N) is 1. The van der Waals surface area contributed by atoms with E-state index in [1.807, 2.05) is 60.7 Å². The summed E-state index contributed by atoms with van der Waals surface area (Å²) in [6.07, 6.45) is 1.54. The Morgan fingerprint density at radius 2 is 1.47 bits per heavy atom. The van der Waals surface area contributed by atoms with Crippen molar-refractivity contribution in [2.75, 3.05) is 0 Å². The van der Waals surface area contributed by atoms with Gasteiger partial charge in [0.2, 0.25) is 0 Å². The third-order valence-electron chi connectivity index (χ3n) is 2.28. The van der Waals surface area contributed by atoms with E-state index in [4.69, 9.17) is 16.0 Å². The van der Waals surface area contributed by atoms with Crippen molar-refractivity contribution in [2.45, 2.75) is 0 Å². The first kappa shape index (κ1) is 13.8. The van der Waals surface area contributed by atoms with Crippen molar-refractivity contribution >= 4 is 27.5 Å². The van der Waals surface area contributed by atoms with Crippen LogP contribution in [0, 0.1) is 0 Å². The maximum atomic E-state index is 5.53. The van der Waals surface area contributed by atoms with Crippen molar-refractivity contribution < 1.29 is 4.42 Å². The molecule has 19 heavy (non-hydrogen) atoms. The number of hydrogen-bond donors (Lipinski definition) is 0. The number of hydrogen-bond acceptors (Lipinski definition) is 2. The van der Waals surface area contributed by atoms with Gasteiger partial charge in [-0.1, -0.05) is 64.5 Å². The quantitative estimate of drug-likeness (QED) is 0.591. The molecule has 0 amide bonds. The largest absolute Gasteiger partial charge is 0.436 e. The van der Waals surface area contributed by atoms with E-state index in [1.165, 1.54) is 6.26 Å². The normalized spacial score (nSPS) is 9.58. The second kappa shape index (κ2) is 7.12. The van der Waals surface area contributed by atoms with E-state index in [-0.39, 0.29) is 5.35 Å². The van der Waals surface area contributed by atoms with Crippen LogP contribution < -0.4 is 0 Å². The fourth-order valence-corrected chi connectivity index (χ4v) is 1.85. The van der Waals surface area contributed by atoms with Crippen LogP contribution in [0.15, 0.2) is 75.8 Å². The highest BCUT2D eigenvalue weighted by molar-refractivity contribution is 9.10. The first-order valence-corrected chi connectivity index (χ1v) is 6.80. The molecular formula is C15H11BrClNO. The highest BCUT2D eigenvalue weighted by Gasteiger charge is 2.01. The second-order valence-corrected chi connectivity index (χ2v) is 4.89. The van der Waals surface area contributed by atoms with Gasteiger partial charge in [-0.2, -0.15) is 4.98 Å². The standard InChI is InChI=1S/C9H6ClNO.C6H5Br/c10-9-11-8(6-12-9)7-4-2-1-3-5-7;7-6-4-2-1-3-5-6/h1-6H;1-5H. The molecule has 0 aliphatic carbocycles. The molecule has 0 saturated carbocycles. The third kappa shape index (κ3) is 4.54. The Bertz CT molecular complexity index is 610. The highest BCUT2D eigenvalue weighted by Crippen LogP contribution is 2.19. The molecule has 96 valence electrons. The van der Waals surface area contributed by atoms with Crippen LogP contribution >= 0.6 is 27.5 Å². The molecule has 0 spiro atoms. The summed E-state index contributed by atoms with van der Waals surface area (Å²) in [4.78, 5) is 3.98. The molecule has 0 aliphatic heterocycles. The number of oxazole rings is 1. The van der Waals surface area contributed by atoms with Crippen molar-refractivity contribution in [1.82, 2.24) is 4.98 Å². The van der Waals surface area contributed by atoms with Gasteiger partial charge in [0.05, 0.1) is 0 Å². The van der Waals surface area contributed by atoms with Crippen molar-refractivity contribution in [3.8, 4) is 11.3 Å². The Labute approximate surface area is 125 Å². The van der Waals surface area contributed by atoms with Gasteiger partial charge in [-0.25, -0.2) is 0 Å². The lowest BCUT2D eigenvalue weighted by atomic mass is 10.2. The molecule has 0 saturated heterocycles. The van der Waals surface area contributed by atoms with Gasteiger partial charge in [0.1, 0.15) is 12.0 Å². The van der Waals surface area contributed by atoms with Crippen LogP contribution in [0.2, 0.25) is 5.35 Å². The van der Waals surface area contributed by atoms with Gasteiger partial charge in [-0.3, -0.25) is 0 Å². The Balaban J connectivity index is 0.000000163. The molecule has 0 unspecified atom stereocenters. The fraction of sp³-hybridized carbons (Fsp3) is 0. The van der Waals surface area contributed by atoms with Crippen LogP contribution in [-0.4, -0.2) is 4.98 Å². The molecular weight excluding hydrogens is 326 g/mol. The zero-order valence-corrected chi connectivity index (χ0v) is 12.3. The van der Waals surface area contributed by atoms with Crippen LogP contribution in [0.1, 0.15) is 0 Å². The lowest BCUT2D eigenvalue weighted by Crippen LogP contribution is -1.74. The minimum absolute atomic E-state index is 0.175. The van der Waals surface area contributed by atoms with E-state index in [0.717, 1.165) is 15.7 Å². The second-order valence-electron chi connectivity index (χ2n) is 3.65. The number of halogens is 2. The minimum atomic E-state index is 0.175. The topological polar surface area (TPSA) is 26.0 Å². The lowest BCUT2D eigenvalue weighted by Gasteiger charge is -1.91. The van der Waals surface area contributed by atoms with E-state index < -0.39 is 0 Å². The summed E-state index contributed by atoms with van der Waals surface area (Å²) in [5.41, 5.74) is 1.77. The summed E-state index contributed by atoms with van der Waals surface area (Å²) in [6.45, 7) is 0. The van der Waals surface area contributed by atoms with Crippen LogP contribution in [0.5, 0.6) is 0 Å². The predicted molar refractivity (Wildman–Crippen MR) is 81.1 cm³/mol. The summed E-state index contributed by atoms with van der Waals surface area (Å²) >= 11 is 8.84. The van der Waals surface area contributed by atoms with Gasteiger partial charge in [0.15, 0.2) is 0 Å². The monoisotopic (exact) mass is 335 g/mol. The molecule has 0 atom stereocenters. The average molecular weight is 337 g/mol. The van der Waals surface area contributed by atoms with E-state index >= 15 is 0 Å². The Hall–Kier alpha value is -1.58. The van der Waals surface area contributed by atoms with Crippen molar-refractivity contribution in [3.05, 3.63) is 76.7 Å². The van der Waals surface area contributed by atoms with Gasteiger partial charge in [-0.15, -0.1) is 0 Å². The van der Waals surface area contributed by atoms with Crippen LogP contribution in [0.3, 0.4) is 0 Å². The molecule has 4 heteroatoms. The minimum Gasteiger partial charge on any atom is -0.436 e. The maximum absolute atomic E-state index is 5.53. The lowest BCUT2D eigenvalue weighted by molar-refractivity contribution is 0.560. The third-order valence-corrected chi connectivity index (χ3v) is 2.98. The summed E-state index contributed by atoms with van der Waals surface area (Å²) < 4.78 is 6.01. The smallest absolute Gasteiger partial charge is 0.292 e. The summed E-state index contributed by atoms with van der Waals surface area (Å²) in [7, 11) is 0. The molecule has 0 N–H and O–H groups in total. The Morgan fingerprint density at radius 3 is 1.89 bits per heavy atom. The Morgan fingerprint density at radius 1 is 0.895 bits per heavy atom. The zero-order valence-electron chi connectivity index (χ0n) is 9.96. The molecule has 0 aliphatic rings. The van der Waals surface area contributed by atoms with Gasteiger partial charge in [-0.05, 0) is 23.7 Å². The number of rotatable bonds is 1. The molecule has 1 heterocycles. The van der Waals surface area contributed by atoms with Crippen molar-refractivity contribution in [3.63, 3.8) is 0 Å². The van der Waals surface area contributed by atoms with Crippen LogP contribution in [-0.2, 0) is 0 Å². The van der Waals surface area contributed by atoms with Crippen molar-refractivity contribution in [1.29, 1.82) is 0 Å². The molecule has 3 aromatic rings. The van der Waals surface area contributed by atoms with E-state index in [9.17, 15) is 0 Å². The van der Waals surface area contributed by atoms with E-state index in [0.29, 0.717) is 0 Å². The first-order chi connectivity index (χ1) is 9.25. The summed E-state index contributed by atoms with van der Waals surface area (Å²) in [6, 6.07) is 19.7. The van der Waals surface area contributed by atoms with E-state index in [2.05, 4.69) is 20.9 Å². The fourth-order valence-electron chi connectivity index (χ4n) is 1.41. The van der Waals surface area contributed by atoms with Gasteiger partial charge in [0.25, 0.3) is 5.35 Å². The van der Waals surface area contributed by atoms with Crippen LogP contribution in [0.4, 0.5) is 0 Å².